The summed E-state index contributed by atoms with van der Waals surface area (Å²) < 4.78 is 5.24. The van der Waals surface area contributed by atoms with Gasteiger partial charge in [-0.05, 0) is 35.7 Å². The van der Waals surface area contributed by atoms with Gasteiger partial charge in [-0.1, -0.05) is 60.3 Å². The lowest BCUT2D eigenvalue weighted by Crippen LogP contribution is -2.14. The molecule has 4 aromatic rings. The van der Waals surface area contributed by atoms with Crippen molar-refractivity contribution in [1.29, 1.82) is 0 Å². The number of amides is 1. The van der Waals surface area contributed by atoms with E-state index < -0.39 is 0 Å². The van der Waals surface area contributed by atoms with Gasteiger partial charge in [-0.25, -0.2) is 0 Å². The van der Waals surface area contributed by atoms with Crippen LogP contribution >= 0.6 is 11.8 Å². The highest BCUT2D eigenvalue weighted by molar-refractivity contribution is 7.99. The minimum atomic E-state index is -0.0787. The van der Waals surface area contributed by atoms with Crippen LogP contribution in [0, 0.1) is 0 Å². The number of anilines is 1. The number of carbonyl (C=O) groups is 1. The standard InChI is InChI=1S/C23H19N3O2S/c1-28-18-9-4-8-17(14-18)20-12-13-23(26-25-20)29-15-22(27)24-21-11-5-7-16-6-2-3-10-19(16)21/h2-14H,15H2,1H3,(H,24,27). The molecule has 0 aliphatic heterocycles. The van der Waals surface area contributed by atoms with Crippen LogP contribution in [-0.4, -0.2) is 29.0 Å². The van der Waals surface area contributed by atoms with Crippen molar-refractivity contribution < 1.29 is 9.53 Å². The number of benzene rings is 3. The fourth-order valence-corrected chi connectivity index (χ4v) is 3.61. The Morgan fingerprint density at radius 2 is 1.79 bits per heavy atom. The van der Waals surface area contributed by atoms with Gasteiger partial charge in [0.2, 0.25) is 5.91 Å². The van der Waals surface area contributed by atoms with Crippen molar-refractivity contribution in [3.8, 4) is 17.0 Å². The van der Waals surface area contributed by atoms with Crippen LogP contribution in [0.2, 0.25) is 0 Å². The van der Waals surface area contributed by atoms with E-state index in [0.29, 0.717) is 5.03 Å². The maximum absolute atomic E-state index is 12.4. The molecule has 0 fully saturated rings. The van der Waals surface area contributed by atoms with Crippen LogP contribution in [0.5, 0.6) is 5.75 Å². The molecule has 1 heterocycles. The fraction of sp³-hybridized carbons (Fsp3) is 0.0870. The summed E-state index contributed by atoms with van der Waals surface area (Å²) in [4.78, 5) is 12.4. The first-order valence-corrected chi connectivity index (χ1v) is 10.1. The number of nitrogens with zero attached hydrogens (tertiary/aromatic N) is 2. The smallest absolute Gasteiger partial charge is 0.234 e. The Bertz CT molecular complexity index is 1140. The summed E-state index contributed by atoms with van der Waals surface area (Å²) >= 11 is 1.35. The fourth-order valence-electron chi connectivity index (χ4n) is 2.99. The van der Waals surface area contributed by atoms with E-state index in [4.69, 9.17) is 4.74 Å². The number of hydrogen-bond acceptors (Lipinski definition) is 5. The number of fused-ring (bicyclic) bond motifs is 1. The molecular formula is C23H19N3O2S. The van der Waals surface area contributed by atoms with Crippen LogP contribution in [0.25, 0.3) is 22.0 Å². The zero-order chi connectivity index (χ0) is 20.1. The number of thioether (sulfide) groups is 1. The van der Waals surface area contributed by atoms with E-state index in [1.54, 1.807) is 7.11 Å². The van der Waals surface area contributed by atoms with Gasteiger partial charge in [0.25, 0.3) is 0 Å². The van der Waals surface area contributed by atoms with Crippen molar-refractivity contribution >= 4 is 34.1 Å². The lowest BCUT2D eigenvalue weighted by Gasteiger charge is -2.08. The first-order chi connectivity index (χ1) is 14.2. The Morgan fingerprint density at radius 3 is 2.62 bits per heavy atom. The molecule has 5 nitrogen and oxygen atoms in total. The Kier molecular flexibility index (Phi) is 5.72. The molecule has 0 spiro atoms. The predicted octanol–water partition coefficient (Wildman–Crippen LogP) is 5.04. The monoisotopic (exact) mass is 401 g/mol. The lowest BCUT2D eigenvalue weighted by molar-refractivity contribution is -0.113. The topological polar surface area (TPSA) is 64.1 Å². The molecule has 0 aliphatic rings. The molecule has 0 saturated carbocycles. The number of methoxy groups -OCH3 is 1. The third kappa shape index (κ3) is 4.55. The predicted molar refractivity (Wildman–Crippen MR) is 117 cm³/mol. The summed E-state index contributed by atoms with van der Waals surface area (Å²) in [5, 5.41) is 14.3. The Hall–Kier alpha value is -3.38. The molecule has 6 heteroatoms. The number of carbonyl (C=O) groups excluding carboxylic acids is 1. The maximum Gasteiger partial charge on any atom is 0.234 e. The van der Waals surface area contributed by atoms with Crippen molar-refractivity contribution in [3.63, 3.8) is 0 Å². The number of nitrogens with one attached hydrogen (secondary N) is 1. The van der Waals surface area contributed by atoms with Crippen molar-refractivity contribution in [2.45, 2.75) is 5.03 Å². The van der Waals surface area contributed by atoms with E-state index in [-0.39, 0.29) is 11.7 Å². The van der Waals surface area contributed by atoms with E-state index >= 15 is 0 Å². The molecule has 1 aromatic heterocycles. The highest BCUT2D eigenvalue weighted by Crippen LogP contribution is 2.25. The second-order valence-electron chi connectivity index (χ2n) is 6.35. The maximum atomic E-state index is 12.4. The Labute approximate surface area is 173 Å². The minimum absolute atomic E-state index is 0.0787. The van der Waals surface area contributed by atoms with Crippen LogP contribution in [0.15, 0.2) is 83.9 Å². The molecule has 0 radical (unpaired) electrons. The third-order valence-corrected chi connectivity index (χ3v) is 5.34. The number of ether oxygens (including phenoxy) is 1. The van der Waals surface area contributed by atoms with Gasteiger partial charge in [0.05, 0.1) is 18.6 Å². The number of rotatable bonds is 6. The quantitative estimate of drug-likeness (QED) is 0.459. The van der Waals surface area contributed by atoms with E-state index in [1.807, 2.05) is 78.9 Å². The third-order valence-electron chi connectivity index (χ3n) is 4.42. The van der Waals surface area contributed by atoms with Gasteiger partial charge in [-0.2, -0.15) is 0 Å². The van der Waals surface area contributed by atoms with Gasteiger partial charge < -0.3 is 10.1 Å². The average Bonchev–Trinajstić information content (AvgIpc) is 2.78. The van der Waals surface area contributed by atoms with Gasteiger partial charge in [0.1, 0.15) is 10.8 Å². The van der Waals surface area contributed by atoms with Crippen molar-refractivity contribution in [3.05, 3.63) is 78.9 Å². The van der Waals surface area contributed by atoms with Crippen molar-refractivity contribution in [1.82, 2.24) is 10.2 Å². The summed E-state index contributed by atoms with van der Waals surface area (Å²) in [5.74, 6) is 0.953. The average molecular weight is 401 g/mol. The largest absolute Gasteiger partial charge is 0.497 e. The van der Waals surface area contributed by atoms with Crippen LogP contribution in [0.1, 0.15) is 0 Å². The summed E-state index contributed by atoms with van der Waals surface area (Å²) in [5.41, 5.74) is 2.50. The summed E-state index contributed by atoms with van der Waals surface area (Å²) in [6, 6.07) is 25.3. The molecular weight excluding hydrogens is 382 g/mol. The molecule has 144 valence electrons. The summed E-state index contributed by atoms with van der Waals surface area (Å²) in [6.07, 6.45) is 0. The number of aromatic nitrogens is 2. The van der Waals surface area contributed by atoms with E-state index in [2.05, 4.69) is 15.5 Å². The van der Waals surface area contributed by atoms with Crippen molar-refractivity contribution in [2.24, 2.45) is 0 Å². The molecule has 0 atom stereocenters. The van der Waals surface area contributed by atoms with Gasteiger partial charge in [-0.15, -0.1) is 10.2 Å². The van der Waals surface area contributed by atoms with Crippen LogP contribution in [-0.2, 0) is 4.79 Å². The van der Waals surface area contributed by atoms with Crippen LogP contribution in [0.3, 0.4) is 0 Å². The van der Waals surface area contributed by atoms with E-state index in [1.165, 1.54) is 11.8 Å². The highest BCUT2D eigenvalue weighted by atomic mass is 32.2. The van der Waals surface area contributed by atoms with Gasteiger partial charge in [-0.3, -0.25) is 4.79 Å². The van der Waals surface area contributed by atoms with Crippen LogP contribution in [0.4, 0.5) is 5.69 Å². The summed E-state index contributed by atoms with van der Waals surface area (Å²) in [6.45, 7) is 0. The van der Waals surface area contributed by atoms with Crippen LogP contribution < -0.4 is 10.1 Å². The van der Waals surface area contributed by atoms with E-state index in [9.17, 15) is 4.79 Å². The molecule has 0 saturated heterocycles. The normalized spacial score (nSPS) is 10.7. The summed E-state index contributed by atoms with van der Waals surface area (Å²) in [7, 11) is 1.63. The van der Waals surface area contributed by atoms with Crippen molar-refractivity contribution in [2.75, 3.05) is 18.2 Å². The number of hydrogen-bond donors (Lipinski definition) is 1. The second kappa shape index (κ2) is 8.75. The molecule has 0 bridgehead atoms. The SMILES string of the molecule is COc1cccc(-c2ccc(SCC(=O)Nc3cccc4ccccc34)nn2)c1. The van der Waals surface area contributed by atoms with E-state index in [0.717, 1.165) is 33.5 Å². The minimum Gasteiger partial charge on any atom is -0.497 e. The highest BCUT2D eigenvalue weighted by Gasteiger charge is 2.08. The molecule has 1 amide bonds. The molecule has 3 aromatic carbocycles. The molecule has 0 unspecified atom stereocenters. The van der Waals surface area contributed by atoms with Gasteiger partial charge in [0.15, 0.2) is 0 Å². The Balaban J connectivity index is 1.39. The van der Waals surface area contributed by atoms with Gasteiger partial charge >= 0.3 is 0 Å². The zero-order valence-electron chi connectivity index (χ0n) is 15.8. The molecule has 0 aliphatic carbocycles. The first-order valence-electron chi connectivity index (χ1n) is 9.11. The van der Waals surface area contributed by atoms with Gasteiger partial charge in [0, 0.05) is 16.6 Å². The first kappa shape index (κ1) is 19.0. The molecule has 29 heavy (non-hydrogen) atoms. The Morgan fingerprint density at radius 1 is 0.966 bits per heavy atom. The zero-order valence-corrected chi connectivity index (χ0v) is 16.6. The second-order valence-corrected chi connectivity index (χ2v) is 7.35. The molecule has 1 N–H and O–H groups in total. The molecule has 4 rings (SSSR count). The lowest BCUT2D eigenvalue weighted by atomic mass is 10.1.